The molecule has 12 heavy (non-hydrogen) atoms. The van der Waals surface area contributed by atoms with Gasteiger partial charge in [-0.25, -0.2) is 0 Å². The summed E-state index contributed by atoms with van der Waals surface area (Å²) in [4.78, 5) is 0. The van der Waals surface area contributed by atoms with E-state index >= 15 is 0 Å². The first-order valence-corrected chi connectivity index (χ1v) is 4.51. The lowest BCUT2D eigenvalue weighted by Crippen LogP contribution is -2.27. The Morgan fingerprint density at radius 2 is 1.33 bits per heavy atom. The van der Waals surface area contributed by atoms with E-state index in [1.54, 1.807) is 0 Å². The lowest BCUT2D eigenvalue weighted by Gasteiger charge is -2.21. The van der Waals surface area contributed by atoms with Gasteiger partial charge in [-0.3, -0.25) is 0 Å². The fourth-order valence-corrected chi connectivity index (χ4v) is 2.04. The third-order valence-electron chi connectivity index (χ3n) is 2.52. The predicted octanol–water partition coefficient (Wildman–Crippen LogP) is 1.31. The number of rotatable bonds is 0. The molecule has 2 aliphatic rings. The van der Waals surface area contributed by atoms with Gasteiger partial charge in [0.2, 0.25) is 0 Å². The topological polar surface area (TPSA) is 27.7 Å². The summed E-state index contributed by atoms with van der Waals surface area (Å²) in [6.07, 6.45) is 0.559. The molecule has 0 aliphatic carbocycles. The lowest BCUT2D eigenvalue weighted by molar-refractivity contribution is -0.183. The molecule has 3 heteroatoms. The molecule has 0 amide bonds. The Morgan fingerprint density at radius 1 is 0.917 bits per heavy atom. The van der Waals surface area contributed by atoms with Crippen LogP contribution in [0.25, 0.3) is 0 Å². The molecular weight excluding hydrogens is 156 g/mol. The highest BCUT2D eigenvalue weighted by Crippen LogP contribution is 2.38. The number of fused-ring (bicyclic) bond motifs is 1. The van der Waals surface area contributed by atoms with Gasteiger partial charge in [-0.05, 0) is 27.7 Å². The van der Waals surface area contributed by atoms with Crippen LogP contribution in [0, 0.1) is 0 Å². The van der Waals surface area contributed by atoms with Crippen LogP contribution in [-0.2, 0) is 14.2 Å². The Balaban J connectivity index is 2.15. The molecule has 2 heterocycles. The number of hydrogen-bond donors (Lipinski definition) is 0. The van der Waals surface area contributed by atoms with Gasteiger partial charge in [0, 0.05) is 0 Å². The first-order valence-electron chi connectivity index (χ1n) is 4.51. The van der Waals surface area contributed by atoms with Crippen LogP contribution in [0.1, 0.15) is 27.7 Å². The quantitative estimate of drug-likeness (QED) is 0.551. The largest absolute Gasteiger partial charge is 0.370 e. The third kappa shape index (κ3) is 1.16. The Hall–Kier alpha value is -0.120. The first-order chi connectivity index (χ1) is 5.49. The maximum absolute atomic E-state index is 5.71. The van der Waals surface area contributed by atoms with E-state index in [1.807, 2.05) is 27.7 Å². The fraction of sp³-hybridized carbons (Fsp3) is 1.00. The monoisotopic (exact) mass is 172 g/mol. The van der Waals surface area contributed by atoms with Gasteiger partial charge >= 0.3 is 0 Å². The van der Waals surface area contributed by atoms with Gasteiger partial charge in [0.25, 0.3) is 0 Å². The summed E-state index contributed by atoms with van der Waals surface area (Å²) < 4.78 is 17.0. The van der Waals surface area contributed by atoms with E-state index in [2.05, 4.69) is 0 Å². The Kier molecular flexibility index (Phi) is 1.72. The molecule has 1 unspecified atom stereocenters. The molecule has 2 saturated heterocycles. The van der Waals surface area contributed by atoms with E-state index in [4.69, 9.17) is 14.2 Å². The Labute approximate surface area is 73.0 Å². The van der Waals surface area contributed by atoms with Crippen LogP contribution in [-0.4, -0.2) is 30.2 Å². The summed E-state index contributed by atoms with van der Waals surface area (Å²) in [5.41, 5.74) is 0. The smallest absolute Gasteiger partial charge is 0.164 e. The second kappa shape index (κ2) is 2.44. The summed E-state index contributed by atoms with van der Waals surface area (Å²) in [5, 5.41) is 0. The maximum Gasteiger partial charge on any atom is 0.164 e. The molecule has 70 valence electrons. The van der Waals surface area contributed by atoms with Crippen LogP contribution in [0.5, 0.6) is 0 Å². The molecule has 0 bridgehead atoms. The number of ether oxygens (including phenoxy) is 3. The van der Waals surface area contributed by atoms with Crippen molar-refractivity contribution >= 4 is 0 Å². The normalized spacial score (nSPS) is 51.0. The first kappa shape index (κ1) is 8.48. The minimum Gasteiger partial charge on any atom is -0.370 e. The van der Waals surface area contributed by atoms with Crippen molar-refractivity contribution in [3.63, 3.8) is 0 Å². The van der Waals surface area contributed by atoms with Gasteiger partial charge in [-0.15, -0.1) is 0 Å². The molecule has 0 aromatic rings. The van der Waals surface area contributed by atoms with Crippen molar-refractivity contribution < 1.29 is 14.2 Å². The van der Waals surface area contributed by atoms with Crippen molar-refractivity contribution in [3.8, 4) is 0 Å². The molecule has 2 rings (SSSR count). The lowest BCUT2D eigenvalue weighted by atomic mass is 10.1. The molecule has 0 N–H and O–H groups in total. The Bertz CT molecular complexity index is 172. The minimum atomic E-state index is -0.429. The van der Waals surface area contributed by atoms with E-state index in [1.165, 1.54) is 0 Å². The zero-order valence-electron chi connectivity index (χ0n) is 8.03. The van der Waals surface area contributed by atoms with Gasteiger partial charge < -0.3 is 14.2 Å². The molecule has 3 nitrogen and oxygen atoms in total. The highest BCUT2D eigenvalue weighted by Gasteiger charge is 2.51. The van der Waals surface area contributed by atoms with E-state index in [-0.39, 0.29) is 24.4 Å². The summed E-state index contributed by atoms with van der Waals surface area (Å²) in [7, 11) is 0. The molecule has 0 saturated carbocycles. The average Bonchev–Trinajstić information content (AvgIpc) is 2.34. The van der Waals surface area contributed by atoms with Crippen LogP contribution >= 0.6 is 0 Å². The van der Waals surface area contributed by atoms with Gasteiger partial charge in [0.1, 0.15) is 12.2 Å². The minimum absolute atomic E-state index is 0.120. The fourth-order valence-electron chi connectivity index (χ4n) is 2.04. The Morgan fingerprint density at radius 3 is 1.75 bits per heavy atom. The molecule has 2 aliphatic heterocycles. The van der Waals surface area contributed by atoms with Gasteiger partial charge in [0.15, 0.2) is 5.79 Å². The summed E-state index contributed by atoms with van der Waals surface area (Å²) in [6, 6.07) is 0. The molecule has 4 atom stereocenters. The maximum atomic E-state index is 5.71. The van der Waals surface area contributed by atoms with Crippen LogP contribution in [0.3, 0.4) is 0 Å². The highest BCUT2D eigenvalue weighted by atomic mass is 16.8. The second-order valence-electron chi connectivity index (χ2n) is 4.11. The van der Waals surface area contributed by atoms with Crippen LogP contribution < -0.4 is 0 Å². The van der Waals surface area contributed by atoms with E-state index in [0.717, 1.165) is 0 Å². The van der Waals surface area contributed by atoms with Crippen LogP contribution in [0.15, 0.2) is 0 Å². The van der Waals surface area contributed by atoms with Crippen LogP contribution in [0.4, 0.5) is 0 Å². The SMILES string of the molecule is C[C@@H]1O[C@H](C)[C@H]2OC(C)(C)OC12. The van der Waals surface area contributed by atoms with E-state index < -0.39 is 5.79 Å². The van der Waals surface area contributed by atoms with Crippen LogP contribution in [0.2, 0.25) is 0 Å². The van der Waals surface area contributed by atoms with E-state index in [9.17, 15) is 0 Å². The van der Waals surface area contributed by atoms with Crippen molar-refractivity contribution in [1.29, 1.82) is 0 Å². The van der Waals surface area contributed by atoms with Gasteiger partial charge in [-0.1, -0.05) is 0 Å². The van der Waals surface area contributed by atoms with Crippen molar-refractivity contribution in [2.24, 2.45) is 0 Å². The number of hydrogen-bond acceptors (Lipinski definition) is 3. The van der Waals surface area contributed by atoms with Gasteiger partial charge in [-0.2, -0.15) is 0 Å². The summed E-state index contributed by atoms with van der Waals surface area (Å²) in [5.74, 6) is -0.429. The van der Waals surface area contributed by atoms with Crippen molar-refractivity contribution in [1.82, 2.24) is 0 Å². The molecule has 0 aromatic heterocycles. The third-order valence-corrected chi connectivity index (χ3v) is 2.52. The molecule has 0 aromatic carbocycles. The molecule has 0 radical (unpaired) electrons. The average molecular weight is 172 g/mol. The summed E-state index contributed by atoms with van der Waals surface area (Å²) >= 11 is 0. The highest BCUT2D eigenvalue weighted by molar-refractivity contribution is 4.94. The molecule has 2 fully saturated rings. The second-order valence-corrected chi connectivity index (χ2v) is 4.11. The predicted molar refractivity (Wildman–Crippen MR) is 43.8 cm³/mol. The van der Waals surface area contributed by atoms with E-state index in [0.29, 0.717) is 0 Å². The summed E-state index contributed by atoms with van der Waals surface area (Å²) in [6.45, 7) is 7.97. The standard InChI is InChI=1S/C9H16O3/c1-5-7-8(6(2)10-5)12-9(3,4)11-7/h5-8H,1-4H3/t5-,6+,7-,8?/m1/s1. The zero-order chi connectivity index (χ0) is 8.93. The zero-order valence-corrected chi connectivity index (χ0v) is 8.03. The van der Waals surface area contributed by atoms with Crippen molar-refractivity contribution in [2.45, 2.75) is 57.9 Å². The van der Waals surface area contributed by atoms with Crippen molar-refractivity contribution in [3.05, 3.63) is 0 Å². The molecule has 0 spiro atoms. The molecular formula is C9H16O3. The van der Waals surface area contributed by atoms with Crippen molar-refractivity contribution in [2.75, 3.05) is 0 Å². The van der Waals surface area contributed by atoms with Gasteiger partial charge in [0.05, 0.1) is 12.2 Å².